The molecule has 2 heterocycles. The van der Waals surface area contributed by atoms with Crippen LogP contribution >= 0.6 is 0 Å². The molecular weight excluding hydrogens is 366 g/mol. The van der Waals surface area contributed by atoms with Crippen molar-refractivity contribution in [1.29, 1.82) is 0 Å². The summed E-state index contributed by atoms with van der Waals surface area (Å²) in [6.45, 7) is 7.97. The Morgan fingerprint density at radius 3 is 2.69 bits per heavy atom. The second-order valence-corrected chi connectivity index (χ2v) is 8.16. The first-order valence-corrected chi connectivity index (χ1v) is 10.3. The van der Waals surface area contributed by atoms with Crippen LogP contribution in [0.1, 0.15) is 30.9 Å². The molecule has 1 aromatic heterocycles. The minimum atomic E-state index is -0.550. The highest BCUT2D eigenvalue weighted by Gasteiger charge is 2.28. The van der Waals surface area contributed by atoms with Gasteiger partial charge in [0.2, 0.25) is 0 Å². The number of hydrogen-bond donors (Lipinski definition) is 1. The summed E-state index contributed by atoms with van der Waals surface area (Å²) >= 11 is 0. The third-order valence-corrected chi connectivity index (χ3v) is 5.56. The first-order valence-electron chi connectivity index (χ1n) is 10.3. The SMILES string of the molecule is COc1ccc(CN2CC(c3cccnc3)C2)cc1OC[C@H](O)CN(C)C(C)C. The van der Waals surface area contributed by atoms with E-state index in [0.29, 0.717) is 30.0 Å². The van der Waals surface area contributed by atoms with Crippen LogP contribution in [0.4, 0.5) is 0 Å². The lowest BCUT2D eigenvalue weighted by atomic mass is 9.92. The lowest BCUT2D eigenvalue weighted by Crippen LogP contribution is -2.44. The molecule has 1 aromatic carbocycles. The van der Waals surface area contributed by atoms with Crippen LogP contribution in [0.5, 0.6) is 11.5 Å². The zero-order chi connectivity index (χ0) is 20.8. The number of hydrogen-bond acceptors (Lipinski definition) is 6. The van der Waals surface area contributed by atoms with E-state index in [1.165, 1.54) is 11.1 Å². The van der Waals surface area contributed by atoms with Crippen molar-refractivity contribution in [3.63, 3.8) is 0 Å². The lowest BCUT2D eigenvalue weighted by molar-refractivity contribution is 0.0667. The Kier molecular flexibility index (Phi) is 7.47. The summed E-state index contributed by atoms with van der Waals surface area (Å²) in [5, 5.41) is 10.3. The van der Waals surface area contributed by atoms with Gasteiger partial charge in [-0.05, 0) is 50.2 Å². The average Bonchev–Trinajstić information content (AvgIpc) is 2.69. The van der Waals surface area contributed by atoms with E-state index in [9.17, 15) is 5.11 Å². The number of pyridine rings is 1. The standard InChI is InChI=1S/C23H33N3O3/c1-17(2)25(3)15-21(27)16-29-23-10-18(7-8-22(23)28-4)12-26-13-20(14-26)19-6-5-9-24-11-19/h5-11,17,20-21,27H,12-16H2,1-4H3/t21-/m1/s1. The smallest absolute Gasteiger partial charge is 0.161 e. The van der Waals surface area contributed by atoms with Gasteiger partial charge in [0.25, 0.3) is 0 Å². The molecule has 1 aliphatic heterocycles. The molecule has 158 valence electrons. The summed E-state index contributed by atoms with van der Waals surface area (Å²) in [6, 6.07) is 10.6. The van der Waals surface area contributed by atoms with Gasteiger partial charge in [-0.15, -0.1) is 0 Å². The quantitative estimate of drug-likeness (QED) is 0.663. The number of aliphatic hydroxyl groups is 1. The Morgan fingerprint density at radius 1 is 1.24 bits per heavy atom. The normalized spacial score (nSPS) is 16.1. The van der Waals surface area contributed by atoms with Crippen molar-refractivity contribution >= 4 is 0 Å². The fourth-order valence-electron chi connectivity index (χ4n) is 3.50. The zero-order valence-corrected chi connectivity index (χ0v) is 17.9. The molecule has 0 aliphatic carbocycles. The second kappa shape index (κ2) is 10.1. The molecule has 0 amide bonds. The van der Waals surface area contributed by atoms with Gasteiger partial charge < -0.3 is 19.5 Å². The molecule has 0 radical (unpaired) electrons. The molecule has 0 saturated carbocycles. The van der Waals surface area contributed by atoms with Crippen molar-refractivity contribution in [3.8, 4) is 11.5 Å². The zero-order valence-electron chi connectivity index (χ0n) is 17.9. The number of methoxy groups -OCH3 is 1. The maximum Gasteiger partial charge on any atom is 0.161 e. The molecule has 3 rings (SSSR count). The van der Waals surface area contributed by atoms with Crippen molar-refractivity contribution in [2.75, 3.05) is 40.4 Å². The van der Waals surface area contributed by atoms with Crippen LogP contribution in [0.25, 0.3) is 0 Å². The van der Waals surface area contributed by atoms with Crippen LogP contribution in [0.2, 0.25) is 0 Å². The van der Waals surface area contributed by atoms with E-state index in [2.05, 4.69) is 40.8 Å². The highest BCUT2D eigenvalue weighted by Crippen LogP contribution is 2.31. The number of ether oxygens (including phenoxy) is 2. The number of nitrogens with zero attached hydrogens (tertiary/aromatic N) is 3. The number of rotatable bonds is 10. The summed E-state index contributed by atoms with van der Waals surface area (Å²) in [6.07, 6.45) is 3.23. The van der Waals surface area contributed by atoms with E-state index in [0.717, 1.165) is 19.6 Å². The van der Waals surface area contributed by atoms with Crippen LogP contribution in [0.15, 0.2) is 42.7 Å². The highest BCUT2D eigenvalue weighted by atomic mass is 16.5. The maximum absolute atomic E-state index is 10.3. The van der Waals surface area contributed by atoms with Gasteiger partial charge >= 0.3 is 0 Å². The summed E-state index contributed by atoms with van der Waals surface area (Å²) in [5.41, 5.74) is 2.49. The van der Waals surface area contributed by atoms with Crippen molar-refractivity contribution in [2.24, 2.45) is 0 Å². The maximum atomic E-state index is 10.3. The second-order valence-electron chi connectivity index (χ2n) is 8.16. The van der Waals surface area contributed by atoms with E-state index in [-0.39, 0.29) is 6.61 Å². The van der Waals surface area contributed by atoms with Gasteiger partial charge in [0, 0.05) is 50.5 Å². The summed E-state index contributed by atoms with van der Waals surface area (Å²) in [7, 11) is 3.64. The number of benzene rings is 1. The average molecular weight is 400 g/mol. The van der Waals surface area contributed by atoms with Gasteiger partial charge in [0.1, 0.15) is 12.7 Å². The molecule has 2 aromatic rings. The predicted octanol–water partition coefficient (Wildman–Crippen LogP) is 2.77. The highest BCUT2D eigenvalue weighted by molar-refractivity contribution is 5.43. The Labute approximate surface area is 174 Å². The van der Waals surface area contributed by atoms with Crippen LogP contribution in [0.3, 0.4) is 0 Å². The third kappa shape index (κ3) is 5.92. The molecule has 1 fully saturated rings. The monoisotopic (exact) mass is 399 g/mol. The van der Waals surface area contributed by atoms with Crippen molar-refractivity contribution < 1.29 is 14.6 Å². The number of likely N-dealkylation sites (tertiary alicyclic amines) is 1. The van der Waals surface area contributed by atoms with E-state index in [4.69, 9.17) is 9.47 Å². The molecule has 0 unspecified atom stereocenters. The van der Waals surface area contributed by atoms with Gasteiger partial charge in [-0.2, -0.15) is 0 Å². The first-order chi connectivity index (χ1) is 14.0. The number of likely N-dealkylation sites (N-methyl/N-ethyl adjacent to an activating group) is 1. The number of aromatic nitrogens is 1. The van der Waals surface area contributed by atoms with Crippen LogP contribution < -0.4 is 9.47 Å². The Bertz CT molecular complexity index is 763. The lowest BCUT2D eigenvalue weighted by Gasteiger charge is -2.39. The van der Waals surface area contributed by atoms with Gasteiger partial charge in [-0.1, -0.05) is 12.1 Å². The van der Waals surface area contributed by atoms with Gasteiger partial charge in [0.05, 0.1) is 7.11 Å². The largest absolute Gasteiger partial charge is 0.493 e. The van der Waals surface area contributed by atoms with Crippen molar-refractivity contribution in [1.82, 2.24) is 14.8 Å². The van der Waals surface area contributed by atoms with Crippen LogP contribution in [-0.4, -0.2) is 72.4 Å². The molecule has 6 nitrogen and oxygen atoms in total. The topological polar surface area (TPSA) is 58.1 Å². The summed E-state index contributed by atoms with van der Waals surface area (Å²) in [5.74, 6) is 1.93. The fourth-order valence-corrected chi connectivity index (χ4v) is 3.50. The third-order valence-electron chi connectivity index (χ3n) is 5.56. The first kappa shape index (κ1) is 21.6. The molecule has 0 spiro atoms. The minimum Gasteiger partial charge on any atom is -0.493 e. The molecular formula is C23H33N3O3. The van der Waals surface area contributed by atoms with E-state index < -0.39 is 6.10 Å². The molecule has 29 heavy (non-hydrogen) atoms. The summed E-state index contributed by atoms with van der Waals surface area (Å²) < 4.78 is 11.3. The van der Waals surface area contributed by atoms with E-state index in [1.807, 2.05) is 37.6 Å². The van der Waals surface area contributed by atoms with Crippen LogP contribution in [-0.2, 0) is 6.54 Å². The molecule has 1 aliphatic rings. The van der Waals surface area contributed by atoms with Gasteiger partial charge in [0.15, 0.2) is 11.5 Å². The van der Waals surface area contributed by atoms with Crippen molar-refractivity contribution in [2.45, 2.75) is 38.5 Å². The minimum absolute atomic E-state index is 0.240. The Morgan fingerprint density at radius 2 is 2.03 bits per heavy atom. The molecule has 1 saturated heterocycles. The van der Waals surface area contributed by atoms with Gasteiger partial charge in [-0.3, -0.25) is 9.88 Å². The summed E-state index contributed by atoms with van der Waals surface area (Å²) in [4.78, 5) is 8.73. The van der Waals surface area contributed by atoms with E-state index >= 15 is 0 Å². The molecule has 6 heteroatoms. The predicted molar refractivity (Wildman–Crippen MR) is 115 cm³/mol. The molecule has 0 bridgehead atoms. The molecule has 1 N–H and O–H groups in total. The van der Waals surface area contributed by atoms with Crippen LogP contribution in [0, 0.1) is 0 Å². The molecule has 1 atom stereocenters. The Balaban J connectivity index is 1.54. The van der Waals surface area contributed by atoms with Crippen molar-refractivity contribution in [3.05, 3.63) is 53.9 Å². The number of aliphatic hydroxyl groups excluding tert-OH is 1. The van der Waals surface area contributed by atoms with Gasteiger partial charge in [-0.25, -0.2) is 0 Å². The Hall–Kier alpha value is -2.15. The fraction of sp³-hybridized carbons (Fsp3) is 0.522. The van der Waals surface area contributed by atoms with E-state index in [1.54, 1.807) is 7.11 Å².